The highest BCUT2D eigenvalue weighted by Gasteiger charge is 2.22. The van der Waals surface area contributed by atoms with Crippen LogP contribution in [0.15, 0.2) is 11.6 Å². The van der Waals surface area contributed by atoms with Crippen LogP contribution in [0.1, 0.15) is 39.5 Å². The molecule has 0 aliphatic heterocycles. The first-order chi connectivity index (χ1) is 8.06. The molecule has 4 nitrogen and oxygen atoms in total. The number of carbonyl (C=O) groups is 1. The van der Waals surface area contributed by atoms with Gasteiger partial charge in [-0.25, -0.2) is 0 Å². The van der Waals surface area contributed by atoms with Crippen LogP contribution in [0.5, 0.6) is 0 Å². The molecule has 4 heteroatoms. The third kappa shape index (κ3) is 3.95. The molecule has 0 heterocycles. The lowest BCUT2D eigenvalue weighted by molar-refractivity contribution is -0.118. The quantitative estimate of drug-likeness (QED) is 0.568. The van der Waals surface area contributed by atoms with E-state index in [-0.39, 0.29) is 11.9 Å². The first-order valence-corrected chi connectivity index (χ1v) is 6.39. The van der Waals surface area contributed by atoms with E-state index in [9.17, 15) is 4.79 Å². The van der Waals surface area contributed by atoms with E-state index in [0.717, 1.165) is 25.2 Å². The molecule has 1 aliphatic carbocycles. The molecule has 0 bridgehead atoms. The monoisotopic (exact) mass is 240 g/mol. The molecule has 0 aromatic heterocycles. The van der Waals surface area contributed by atoms with Crippen molar-refractivity contribution in [2.75, 3.05) is 20.6 Å². The molecule has 0 saturated heterocycles. The van der Waals surface area contributed by atoms with Gasteiger partial charge in [-0.3, -0.25) is 4.79 Å². The summed E-state index contributed by atoms with van der Waals surface area (Å²) in [7, 11) is 3.83. The van der Waals surface area contributed by atoms with Crippen molar-refractivity contribution in [3.8, 4) is 0 Å². The van der Waals surface area contributed by atoms with Gasteiger partial charge in [0.25, 0.3) is 0 Å². The van der Waals surface area contributed by atoms with Gasteiger partial charge in [0.05, 0.1) is 6.10 Å². The number of ether oxygens (including phenoxy) is 1. The fraction of sp³-hybridized carbons (Fsp3) is 0.769. The van der Waals surface area contributed by atoms with Crippen LogP contribution < -0.4 is 5.32 Å². The third-order valence-electron chi connectivity index (χ3n) is 2.91. The Bertz CT molecular complexity index is 292. The van der Waals surface area contributed by atoms with E-state index in [2.05, 4.69) is 5.32 Å². The number of ketones is 1. The maximum absolute atomic E-state index is 11.7. The van der Waals surface area contributed by atoms with Crippen LogP contribution in [0, 0.1) is 0 Å². The Kier molecular flexibility index (Phi) is 5.32. The molecule has 98 valence electrons. The van der Waals surface area contributed by atoms with E-state index in [1.165, 1.54) is 12.8 Å². The number of nitrogens with one attached hydrogen (secondary N) is 1. The van der Waals surface area contributed by atoms with Gasteiger partial charge >= 0.3 is 0 Å². The summed E-state index contributed by atoms with van der Waals surface area (Å²) < 4.78 is 5.87. The third-order valence-corrected chi connectivity index (χ3v) is 2.91. The summed E-state index contributed by atoms with van der Waals surface area (Å²) in [5.74, 6) is 1.25. The first kappa shape index (κ1) is 13.9. The van der Waals surface area contributed by atoms with E-state index >= 15 is 0 Å². The van der Waals surface area contributed by atoms with Crippen molar-refractivity contribution in [1.29, 1.82) is 0 Å². The number of rotatable bonds is 6. The lowest BCUT2D eigenvalue weighted by Gasteiger charge is -2.23. The van der Waals surface area contributed by atoms with Crippen LogP contribution in [0.2, 0.25) is 0 Å². The fourth-order valence-corrected chi connectivity index (χ4v) is 2.09. The number of hydrogen-bond acceptors (Lipinski definition) is 4. The van der Waals surface area contributed by atoms with Gasteiger partial charge < -0.3 is 15.0 Å². The van der Waals surface area contributed by atoms with Gasteiger partial charge in [0, 0.05) is 27.6 Å². The summed E-state index contributed by atoms with van der Waals surface area (Å²) in [6.45, 7) is 4.35. The summed E-state index contributed by atoms with van der Waals surface area (Å²) in [5.41, 5.74) is 0. The molecular weight excluding hydrogens is 216 g/mol. The Morgan fingerprint density at radius 1 is 1.35 bits per heavy atom. The van der Waals surface area contributed by atoms with E-state index in [0.29, 0.717) is 5.76 Å². The van der Waals surface area contributed by atoms with Crippen molar-refractivity contribution in [1.82, 2.24) is 10.2 Å². The van der Waals surface area contributed by atoms with Gasteiger partial charge in [-0.1, -0.05) is 0 Å². The molecule has 0 unspecified atom stereocenters. The van der Waals surface area contributed by atoms with Crippen molar-refractivity contribution in [2.24, 2.45) is 0 Å². The number of Topliss-reactive ketones (excluding diaryl/α,β-unsaturated/α-hetero) is 1. The summed E-state index contributed by atoms with van der Waals surface area (Å²) >= 11 is 0. The number of hydrogen-bond donors (Lipinski definition) is 1. The first-order valence-electron chi connectivity index (χ1n) is 6.39. The lowest BCUT2D eigenvalue weighted by atomic mass is 10.3. The van der Waals surface area contributed by atoms with Gasteiger partial charge in [0.1, 0.15) is 5.82 Å². The molecule has 1 aliphatic rings. The second-order valence-corrected chi connectivity index (χ2v) is 4.68. The molecule has 1 saturated carbocycles. The van der Waals surface area contributed by atoms with Crippen molar-refractivity contribution in [3.05, 3.63) is 11.6 Å². The normalized spacial score (nSPS) is 17.6. The lowest BCUT2D eigenvalue weighted by Crippen LogP contribution is -2.30. The predicted octanol–water partition coefficient (Wildman–Crippen LogP) is 1.87. The van der Waals surface area contributed by atoms with Crippen molar-refractivity contribution in [2.45, 2.75) is 45.6 Å². The molecule has 0 radical (unpaired) electrons. The summed E-state index contributed by atoms with van der Waals surface area (Å²) in [5, 5.41) is 3.20. The highest BCUT2D eigenvalue weighted by Crippen LogP contribution is 2.24. The van der Waals surface area contributed by atoms with Crippen molar-refractivity contribution < 1.29 is 9.53 Å². The van der Waals surface area contributed by atoms with Crippen molar-refractivity contribution in [3.63, 3.8) is 0 Å². The van der Waals surface area contributed by atoms with Crippen LogP contribution in [0.4, 0.5) is 0 Å². The summed E-state index contributed by atoms with van der Waals surface area (Å²) in [6.07, 6.45) is 4.73. The second-order valence-electron chi connectivity index (χ2n) is 4.68. The zero-order chi connectivity index (χ0) is 12.8. The number of carbonyl (C=O) groups excluding carboxylic acids is 1. The van der Waals surface area contributed by atoms with E-state index in [1.807, 2.05) is 25.9 Å². The Balaban J connectivity index is 2.85. The zero-order valence-electron chi connectivity index (χ0n) is 11.4. The maximum Gasteiger partial charge on any atom is 0.202 e. The average molecular weight is 240 g/mol. The van der Waals surface area contributed by atoms with Gasteiger partial charge in [-0.05, 0) is 32.6 Å². The van der Waals surface area contributed by atoms with Gasteiger partial charge in [-0.15, -0.1) is 0 Å². The highest BCUT2D eigenvalue weighted by atomic mass is 16.5. The Morgan fingerprint density at radius 2 is 1.94 bits per heavy atom. The second kappa shape index (κ2) is 6.52. The van der Waals surface area contributed by atoms with Crippen LogP contribution >= 0.6 is 0 Å². The summed E-state index contributed by atoms with van der Waals surface area (Å²) in [4.78, 5) is 13.6. The molecule has 17 heavy (non-hydrogen) atoms. The molecule has 0 spiro atoms. The topological polar surface area (TPSA) is 41.6 Å². The van der Waals surface area contributed by atoms with Crippen LogP contribution in [-0.2, 0) is 9.53 Å². The SMILES string of the molecule is CCN/C(=C(\OC1CCCC1)C(C)=O)N(C)C. The number of nitrogens with zero attached hydrogens (tertiary/aromatic N) is 1. The maximum atomic E-state index is 11.7. The zero-order valence-corrected chi connectivity index (χ0v) is 11.4. The molecule has 1 N–H and O–H groups in total. The Labute approximate surface area is 104 Å². The molecular formula is C13H24N2O2. The standard InChI is InChI=1S/C13H24N2O2/c1-5-14-13(15(3)4)12(10(2)16)17-11-8-6-7-9-11/h11,14H,5-9H2,1-4H3/b13-12+. The number of allylic oxidation sites excluding steroid dienone is 1. The molecule has 1 rings (SSSR count). The minimum atomic E-state index is -0.0125. The smallest absolute Gasteiger partial charge is 0.202 e. The van der Waals surface area contributed by atoms with Crippen LogP contribution in [0.25, 0.3) is 0 Å². The Hall–Kier alpha value is -1.19. The van der Waals surface area contributed by atoms with Gasteiger partial charge in [0.2, 0.25) is 5.76 Å². The predicted molar refractivity (Wildman–Crippen MR) is 68.4 cm³/mol. The van der Waals surface area contributed by atoms with E-state index in [4.69, 9.17) is 4.74 Å². The fourth-order valence-electron chi connectivity index (χ4n) is 2.09. The molecule has 0 aromatic rings. The van der Waals surface area contributed by atoms with Crippen molar-refractivity contribution >= 4 is 5.78 Å². The molecule has 1 fully saturated rings. The minimum Gasteiger partial charge on any atom is -0.483 e. The average Bonchev–Trinajstić information content (AvgIpc) is 2.75. The molecule has 0 amide bonds. The minimum absolute atomic E-state index is 0.0125. The van der Waals surface area contributed by atoms with Crippen LogP contribution in [-0.4, -0.2) is 37.4 Å². The van der Waals surface area contributed by atoms with Gasteiger partial charge in [-0.2, -0.15) is 0 Å². The largest absolute Gasteiger partial charge is 0.483 e. The van der Waals surface area contributed by atoms with E-state index < -0.39 is 0 Å². The molecule has 0 atom stereocenters. The van der Waals surface area contributed by atoms with Crippen LogP contribution in [0.3, 0.4) is 0 Å². The highest BCUT2D eigenvalue weighted by molar-refractivity contribution is 5.91. The summed E-state index contributed by atoms with van der Waals surface area (Å²) in [6, 6.07) is 0. The van der Waals surface area contributed by atoms with Gasteiger partial charge in [0.15, 0.2) is 5.78 Å². The van der Waals surface area contributed by atoms with E-state index in [1.54, 1.807) is 6.92 Å². The Morgan fingerprint density at radius 3 is 2.35 bits per heavy atom. The molecule has 0 aromatic carbocycles.